The van der Waals surface area contributed by atoms with E-state index in [0.717, 1.165) is 5.56 Å². The van der Waals surface area contributed by atoms with E-state index in [9.17, 15) is 9.59 Å². The van der Waals surface area contributed by atoms with Gasteiger partial charge in [-0.25, -0.2) is 9.79 Å². The van der Waals surface area contributed by atoms with Crippen molar-refractivity contribution < 1.29 is 19.0 Å². The molecule has 1 aliphatic rings. The van der Waals surface area contributed by atoms with Gasteiger partial charge in [0.2, 0.25) is 0 Å². The summed E-state index contributed by atoms with van der Waals surface area (Å²) in [7, 11) is 4.40. The van der Waals surface area contributed by atoms with Crippen LogP contribution in [0.5, 0.6) is 11.5 Å². The quantitative estimate of drug-likeness (QED) is 0.511. The van der Waals surface area contributed by atoms with E-state index in [1.165, 1.54) is 30.1 Å². The molecule has 34 heavy (non-hydrogen) atoms. The number of ether oxygens (including phenoxy) is 3. The van der Waals surface area contributed by atoms with E-state index in [-0.39, 0.29) is 5.56 Å². The minimum absolute atomic E-state index is 0.241. The van der Waals surface area contributed by atoms with Gasteiger partial charge in [-0.15, -0.1) is 0 Å². The van der Waals surface area contributed by atoms with E-state index in [2.05, 4.69) is 4.99 Å². The molecule has 0 saturated heterocycles. The molecule has 1 aliphatic heterocycles. The molecule has 7 nitrogen and oxygen atoms in total. The first-order chi connectivity index (χ1) is 16.5. The molecule has 4 rings (SSSR count). The summed E-state index contributed by atoms with van der Waals surface area (Å²) < 4.78 is 17.9. The third kappa shape index (κ3) is 4.32. The van der Waals surface area contributed by atoms with E-state index in [0.29, 0.717) is 37.7 Å². The molecule has 0 spiro atoms. The van der Waals surface area contributed by atoms with Gasteiger partial charge in [0.15, 0.2) is 16.3 Å². The summed E-state index contributed by atoms with van der Waals surface area (Å²) >= 11 is 1.27. The van der Waals surface area contributed by atoms with Gasteiger partial charge in [-0.05, 0) is 36.3 Å². The van der Waals surface area contributed by atoms with Gasteiger partial charge < -0.3 is 14.2 Å². The number of esters is 1. The molecule has 0 amide bonds. The Balaban J connectivity index is 1.89. The van der Waals surface area contributed by atoms with Crippen molar-refractivity contribution in [2.24, 2.45) is 4.99 Å². The lowest BCUT2D eigenvalue weighted by Gasteiger charge is -2.25. The monoisotopic (exact) mass is 476 g/mol. The van der Waals surface area contributed by atoms with Crippen molar-refractivity contribution in [1.82, 2.24) is 4.57 Å². The molecule has 0 N–H and O–H groups in total. The smallest absolute Gasteiger partial charge is 0.338 e. The number of nitrogens with zero attached hydrogens (tertiary/aromatic N) is 2. The second-order valence-corrected chi connectivity index (χ2v) is 8.49. The lowest BCUT2D eigenvalue weighted by atomic mass is 9.95. The average molecular weight is 477 g/mol. The number of rotatable bonds is 6. The van der Waals surface area contributed by atoms with Crippen LogP contribution in [0.4, 0.5) is 0 Å². The first-order valence-corrected chi connectivity index (χ1v) is 11.3. The number of hydrogen-bond donors (Lipinski definition) is 0. The Morgan fingerprint density at radius 3 is 2.47 bits per heavy atom. The number of carbonyl (C=O) groups is 1. The molecule has 8 heteroatoms. The van der Waals surface area contributed by atoms with Crippen LogP contribution in [0.25, 0.3) is 12.2 Å². The van der Waals surface area contributed by atoms with Crippen molar-refractivity contribution in [3.63, 3.8) is 0 Å². The molecule has 0 unspecified atom stereocenters. The summed E-state index contributed by atoms with van der Waals surface area (Å²) in [5, 5.41) is 0. The standard InChI is InChI=1S/C26H24N2O5S/c1-16-22(25(30)33-4)23(18-13-14-19(31-2)20(15-18)32-3)28-24(29)21(34-26(28)27-16)12-8-11-17-9-6-5-7-10-17/h5-15,23H,1-4H3/b11-8+,21-12-/t23-/m0/s1. The van der Waals surface area contributed by atoms with E-state index in [4.69, 9.17) is 14.2 Å². The van der Waals surface area contributed by atoms with Crippen LogP contribution in [0, 0.1) is 0 Å². The minimum Gasteiger partial charge on any atom is -0.493 e. The number of benzene rings is 2. The molecule has 1 aromatic heterocycles. The highest BCUT2D eigenvalue weighted by Gasteiger charge is 2.33. The maximum Gasteiger partial charge on any atom is 0.338 e. The number of thiazole rings is 1. The van der Waals surface area contributed by atoms with Crippen molar-refractivity contribution in [1.29, 1.82) is 0 Å². The zero-order valence-corrected chi connectivity index (χ0v) is 20.1. The Bertz CT molecular complexity index is 1470. The highest BCUT2D eigenvalue weighted by molar-refractivity contribution is 7.07. The second kappa shape index (κ2) is 9.93. The van der Waals surface area contributed by atoms with Crippen molar-refractivity contribution >= 4 is 29.5 Å². The molecule has 2 aromatic carbocycles. The van der Waals surface area contributed by atoms with Crippen LogP contribution in [-0.4, -0.2) is 31.9 Å². The fourth-order valence-electron chi connectivity index (χ4n) is 3.86. The maximum atomic E-state index is 13.5. The normalized spacial score (nSPS) is 15.8. The van der Waals surface area contributed by atoms with Gasteiger partial charge in [-0.2, -0.15) is 0 Å². The third-order valence-corrected chi connectivity index (χ3v) is 6.49. The van der Waals surface area contributed by atoms with E-state index in [1.54, 1.807) is 38.3 Å². The zero-order chi connectivity index (χ0) is 24.2. The zero-order valence-electron chi connectivity index (χ0n) is 19.3. The topological polar surface area (TPSA) is 79.1 Å². The molecular formula is C26H24N2O5S. The Labute approximate surface area is 200 Å². The molecule has 174 valence electrons. The summed E-state index contributed by atoms with van der Waals surface area (Å²) in [6.07, 6.45) is 5.52. The van der Waals surface area contributed by atoms with E-state index in [1.807, 2.05) is 42.5 Å². The molecule has 1 atom stereocenters. The van der Waals surface area contributed by atoms with Crippen LogP contribution in [0.1, 0.15) is 24.1 Å². The number of aromatic nitrogens is 1. The number of fused-ring (bicyclic) bond motifs is 1. The van der Waals surface area contributed by atoms with Crippen LogP contribution in [0.15, 0.2) is 75.7 Å². The number of carbonyl (C=O) groups excluding carboxylic acids is 1. The summed E-state index contributed by atoms with van der Waals surface area (Å²) in [6.45, 7) is 1.74. The lowest BCUT2D eigenvalue weighted by Crippen LogP contribution is -2.39. The predicted octanol–water partition coefficient (Wildman–Crippen LogP) is 3.09. The molecule has 2 heterocycles. The predicted molar refractivity (Wildman–Crippen MR) is 132 cm³/mol. The Morgan fingerprint density at radius 2 is 1.79 bits per heavy atom. The van der Waals surface area contributed by atoms with Crippen LogP contribution < -0.4 is 24.4 Å². The van der Waals surface area contributed by atoms with Crippen LogP contribution in [0.3, 0.4) is 0 Å². The number of hydrogen-bond acceptors (Lipinski definition) is 7. The van der Waals surface area contributed by atoms with Crippen LogP contribution in [0.2, 0.25) is 0 Å². The maximum absolute atomic E-state index is 13.5. The van der Waals surface area contributed by atoms with Crippen LogP contribution >= 0.6 is 11.3 Å². The minimum atomic E-state index is -0.719. The summed E-state index contributed by atoms with van der Waals surface area (Å²) in [6, 6.07) is 14.4. The summed E-state index contributed by atoms with van der Waals surface area (Å²) in [5.74, 6) is 0.496. The lowest BCUT2D eigenvalue weighted by molar-refractivity contribution is -0.136. The van der Waals surface area contributed by atoms with Gasteiger partial charge >= 0.3 is 5.97 Å². The molecular weight excluding hydrogens is 452 g/mol. The van der Waals surface area contributed by atoms with Crippen molar-refractivity contribution in [3.8, 4) is 11.5 Å². The second-order valence-electron chi connectivity index (χ2n) is 7.48. The Kier molecular flexibility index (Phi) is 6.79. The summed E-state index contributed by atoms with van der Waals surface area (Å²) in [4.78, 5) is 31.3. The van der Waals surface area contributed by atoms with E-state index >= 15 is 0 Å². The number of methoxy groups -OCH3 is 3. The Hall–Kier alpha value is -3.91. The highest BCUT2D eigenvalue weighted by atomic mass is 32.1. The van der Waals surface area contributed by atoms with Gasteiger partial charge in [0.1, 0.15) is 0 Å². The average Bonchev–Trinajstić information content (AvgIpc) is 3.17. The third-order valence-electron chi connectivity index (χ3n) is 5.49. The van der Waals surface area contributed by atoms with Gasteiger partial charge in [-0.3, -0.25) is 9.36 Å². The van der Waals surface area contributed by atoms with Gasteiger partial charge in [0, 0.05) is 0 Å². The van der Waals surface area contributed by atoms with Crippen molar-refractivity contribution in [2.45, 2.75) is 13.0 Å². The summed E-state index contributed by atoms with van der Waals surface area (Å²) in [5.41, 5.74) is 2.27. The largest absolute Gasteiger partial charge is 0.493 e. The molecule has 0 fully saturated rings. The van der Waals surface area contributed by atoms with Gasteiger partial charge in [-0.1, -0.05) is 59.9 Å². The molecule has 0 aliphatic carbocycles. The molecule has 0 bridgehead atoms. The fraction of sp³-hybridized carbons (Fsp3) is 0.192. The fourth-order valence-corrected chi connectivity index (χ4v) is 4.85. The van der Waals surface area contributed by atoms with Crippen LogP contribution in [-0.2, 0) is 9.53 Å². The molecule has 0 radical (unpaired) electrons. The first-order valence-electron chi connectivity index (χ1n) is 10.5. The van der Waals surface area contributed by atoms with Crippen molar-refractivity contribution in [2.75, 3.05) is 21.3 Å². The molecule has 3 aromatic rings. The van der Waals surface area contributed by atoms with Gasteiger partial charge in [0.25, 0.3) is 5.56 Å². The first kappa shape index (κ1) is 23.3. The number of allylic oxidation sites excluding steroid dienone is 2. The van der Waals surface area contributed by atoms with Crippen molar-refractivity contribution in [3.05, 3.63) is 96.7 Å². The highest BCUT2D eigenvalue weighted by Crippen LogP contribution is 2.35. The van der Waals surface area contributed by atoms with E-state index < -0.39 is 12.0 Å². The van der Waals surface area contributed by atoms with Gasteiger partial charge in [0.05, 0.1) is 43.2 Å². The SMILES string of the molecule is COC(=O)C1=C(C)N=c2s/c(=C\C=C\c3ccccc3)c(=O)n2[C@H]1c1ccc(OC)c(OC)c1. The Morgan fingerprint density at radius 1 is 1.06 bits per heavy atom. The molecule has 0 saturated carbocycles.